The molecule has 18 heavy (non-hydrogen) atoms. The summed E-state index contributed by atoms with van der Waals surface area (Å²) in [6, 6.07) is 8.05. The molecule has 0 unspecified atom stereocenters. The number of nitrogens with one attached hydrogen (secondary N) is 1. The van der Waals surface area contributed by atoms with Crippen molar-refractivity contribution in [1.29, 1.82) is 0 Å². The van der Waals surface area contributed by atoms with Gasteiger partial charge in [-0.2, -0.15) is 0 Å². The van der Waals surface area contributed by atoms with Crippen LogP contribution in [-0.2, 0) is 0 Å². The molecular formula is C14H18ClN3. The third kappa shape index (κ3) is 3.57. The predicted molar refractivity (Wildman–Crippen MR) is 77.2 cm³/mol. The van der Waals surface area contributed by atoms with Crippen LogP contribution in [0.2, 0.25) is 0 Å². The molecule has 4 heteroatoms. The lowest BCUT2D eigenvalue weighted by molar-refractivity contribution is 0.687. The minimum absolute atomic E-state index is 0.768. The van der Waals surface area contributed by atoms with E-state index in [4.69, 9.17) is 11.6 Å². The molecule has 3 nitrogen and oxygen atoms in total. The summed E-state index contributed by atoms with van der Waals surface area (Å²) in [5.41, 5.74) is 0.983. The van der Waals surface area contributed by atoms with Crippen molar-refractivity contribution in [2.24, 2.45) is 0 Å². The first-order chi connectivity index (χ1) is 8.92. The van der Waals surface area contributed by atoms with Crippen molar-refractivity contribution in [3.63, 3.8) is 0 Å². The molecule has 1 aromatic heterocycles. The fourth-order valence-electron chi connectivity index (χ4n) is 1.93. The van der Waals surface area contributed by atoms with E-state index in [-0.39, 0.29) is 0 Å². The second-order valence-corrected chi connectivity index (χ2v) is 4.65. The van der Waals surface area contributed by atoms with Crippen LogP contribution in [0, 0.1) is 0 Å². The van der Waals surface area contributed by atoms with E-state index in [1.807, 2.05) is 24.3 Å². The summed E-state index contributed by atoms with van der Waals surface area (Å²) in [6.45, 7) is 0.948. The number of hydrogen-bond donors (Lipinski definition) is 1. The quantitative estimate of drug-likeness (QED) is 0.609. The number of unbranched alkanes of at least 4 members (excludes halogenated alkanes) is 3. The molecule has 0 fully saturated rings. The van der Waals surface area contributed by atoms with Crippen molar-refractivity contribution in [2.45, 2.75) is 25.7 Å². The van der Waals surface area contributed by atoms with Gasteiger partial charge in [0.05, 0.1) is 5.52 Å². The lowest BCUT2D eigenvalue weighted by Crippen LogP contribution is -2.04. The summed E-state index contributed by atoms with van der Waals surface area (Å²) in [5.74, 6) is 1.70. The van der Waals surface area contributed by atoms with E-state index in [0.717, 1.165) is 42.0 Å². The molecule has 0 saturated heterocycles. The van der Waals surface area contributed by atoms with Gasteiger partial charge in [0.1, 0.15) is 12.1 Å². The molecule has 1 heterocycles. The first-order valence-electron chi connectivity index (χ1n) is 6.41. The monoisotopic (exact) mass is 263 g/mol. The number of hydrogen-bond acceptors (Lipinski definition) is 3. The second-order valence-electron chi connectivity index (χ2n) is 4.27. The largest absolute Gasteiger partial charge is 0.369 e. The van der Waals surface area contributed by atoms with E-state index in [2.05, 4.69) is 15.3 Å². The summed E-state index contributed by atoms with van der Waals surface area (Å²) >= 11 is 5.64. The summed E-state index contributed by atoms with van der Waals surface area (Å²) in [4.78, 5) is 8.54. The van der Waals surface area contributed by atoms with Crippen LogP contribution >= 0.6 is 11.6 Å². The van der Waals surface area contributed by atoms with Gasteiger partial charge in [-0.05, 0) is 25.0 Å². The van der Waals surface area contributed by atoms with Gasteiger partial charge in [-0.15, -0.1) is 11.6 Å². The Balaban J connectivity index is 1.88. The standard InChI is InChI=1S/C14H18ClN3/c15-9-5-1-2-6-10-16-14-12-7-3-4-8-13(12)17-11-18-14/h3-4,7-8,11H,1-2,5-6,9-10H2,(H,16,17,18). The Bertz CT molecular complexity index is 482. The van der Waals surface area contributed by atoms with E-state index in [1.54, 1.807) is 6.33 Å². The van der Waals surface area contributed by atoms with Gasteiger partial charge in [-0.3, -0.25) is 0 Å². The normalized spacial score (nSPS) is 10.7. The van der Waals surface area contributed by atoms with Crippen molar-refractivity contribution in [3.05, 3.63) is 30.6 Å². The zero-order chi connectivity index (χ0) is 12.6. The van der Waals surface area contributed by atoms with Gasteiger partial charge in [0.2, 0.25) is 0 Å². The van der Waals surface area contributed by atoms with Crippen LogP contribution in [0.1, 0.15) is 25.7 Å². The Morgan fingerprint density at radius 2 is 1.83 bits per heavy atom. The van der Waals surface area contributed by atoms with Gasteiger partial charge in [0, 0.05) is 17.8 Å². The van der Waals surface area contributed by atoms with Crippen LogP contribution < -0.4 is 5.32 Å². The lowest BCUT2D eigenvalue weighted by Gasteiger charge is -2.07. The van der Waals surface area contributed by atoms with Crippen molar-refractivity contribution in [1.82, 2.24) is 9.97 Å². The number of halogens is 1. The zero-order valence-corrected chi connectivity index (χ0v) is 11.2. The topological polar surface area (TPSA) is 37.8 Å². The highest BCUT2D eigenvalue weighted by Crippen LogP contribution is 2.18. The average Bonchev–Trinajstić information content (AvgIpc) is 2.43. The molecular weight excluding hydrogens is 246 g/mol. The highest BCUT2D eigenvalue weighted by atomic mass is 35.5. The van der Waals surface area contributed by atoms with Crippen LogP contribution in [-0.4, -0.2) is 22.4 Å². The van der Waals surface area contributed by atoms with Gasteiger partial charge in [-0.25, -0.2) is 9.97 Å². The Kier molecular flexibility index (Phi) is 5.21. The number of alkyl halides is 1. The number of benzene rings is 1. The third-order valence-electron chi connectivity index (χ3n) is 2.90. The lowest BCUT2D eigenvalue weighted by atomic mass is 10.2. The van der Waals surface area contributed by atoms with Gasteiger partial charge in [0.25, 0.3) is 0 Å². The summed E-state index contributed by atoms with van der Waals surface area (Å²) in [5, 5.41) is 4.46. The van der Waals surface area contributed by atoms with E-state index < -0.39 is 0 Å². The van der Waals surface area contributed by atoms with Crippen molar-refractivity contribution < 1.29 is 0 Å². The maximum absolute atomic E-state index is 5.64. The Hall–Kier alpha value is -1.35. The number of rotatable bonds is 7. The maximum Gasteiger partial charge on any atom is 0.137 e. The first kappa shape index (κ1) is 13.1. The number of fused-ring (bicyclic) bond motifs is 1. The summed E-state index contributed by atoms with van der Waals surface area (Å²) < 4.78 is 0. The molecule has 0 aliphatic heterocycles. The van der Waals surface area contributed by atoms with E-state index in [1.165, 1.54) is 12.8 Å². The van der Waals surface area contributed by atoms with Gasteiger partial charge >= 0.3 is 0 Å². The molecule has 2 aromatic rings. The molecule has 1 N–H and O–H groups in total. The van der Waals surface area contributed by atoms with Crippen LogP contribution in [0.25, 0.3) is 10.9 Å². The van der Waals surface area contributed by atoms with E-state index >= 15 is 0 Å². The number of anilines is 1. The molecule has 0 aliphatic rings. The van der Waals surface area contributed by atoms with Gasteiger partial charge < -0.3 is 5.32 Å². The van der Waals surface area contributed by atoms with Crippen LogP contribution in [0.4, 0.5) is 5.82 Å². The SMILES string of the molecule is ClCCCCCCNc1ncnc2ccccc12. The summed E-state index contributed by atoms with van der Waals surface area (Å²) in [6.07, 6.45) is 6.28. The van der Waals surface area contributed by atoms with Gasteiger partial charge in [-0.1, -0.05) is 25.0 Å². The van der Waals surface area contributed by atoms with Crippen molar-refractivity contribution in [2.75, 3.05) is 17.7 Å². The summed E-state index contributed by atoms with van der Waals surface area (Å²) in [7, 11) is 0. The Labute approximate surface area is 113 Å². The molecule has 0 bridgehead atoms. The molecule has 0 amide bonds. The highest BCUT2D eigenvalue weighted by molar-refractivity contribution is 6.17. The minimum atomic E-state index is 0.768. The predicted octanol–water partition coefficient (Wildman–Crippen LogP) is 3.84. The smallest absolute Gasteiger partial charge is 0.137 e. The fourth-order valence-corrected chi connectivity index (χ4v) is 2.11. The molecule has 0 aliphatic carbocycles. The third-order valence-corrected chi connectivity index (χ3v) is 3.16. The minimum Gasteiger partial charge on any atom is -0.369 e. The number of aromatic nitrogens is 2. The van der Waals surface area contributed by atoms with Gasteiger partial charge in [0.15, 0.2) is 0 Å². The molecule has 2 rings (SSSR count). The maximum atomic E-state index is 5.64. The second kappa shape index (κ2) is 7.17. The highest BCUT2D eigenvalue weighted by Gasteiger charge is 2.01. The Morgan fingerprint density at radius 1 is 1.00 bits per heavy atom. The first-order valence-corrected chi connectivity index (χ1v) is 6.95. The van der Waals surface area contributed by atoms with Crippen LogP contribution in [0.3, 0.4) is 0 Å². The van der Waals surface area contributed by atoms with Crippen LogP contribution in [0.15, 0.2) is 30.6 Å². The molecule has 0 radical (unpaired) electrons. The average molecular weight is 264 g/mol. The fraction of sp³-hybridized carbons (Fsp3) is 0.429. The van der Waals surface area contributed by atoms with Crippen LogP contribution in [0.5, 0.6) is 0 Å². The van der Waals surface area contributed by atoms with Crippen molar-refractivity contribution >= 4 is 28.3 Å². The zero-order valence-electron chi connectivity index (χ0n) is 10.4. The molecule has 0 spiro atoms. The Morgan fingerprint density at radius 3 is 2.72 bits per heavy atom. The van der Waals surface area contributed by atoms with E-state index in [0.29, 0.717) is 0 Å². The number of para-hydroxylation sites is 1. The van der Waals surface area contributed by atoms with E-state index in [9.17, 15) is 0 Å². The van der Waals surface area contributed by atoms with Crippen molar-refractivity contribution in [3.8, 4) is 0 Å². The molecule has 96 valence electrons. The molecule has 0 saturated carbocycles. The number of nitrogens with zero attached hydrogens (tertiary/aromatic N) is 2. The molecule has 1 aromatic carbocycles. The molecule has 0 atom stereocenters.